The Morgan fingerprint density at radius 1 is 0.939 bits per heavy atom. The summed E-state index contributed by atoms with van der Waals surface area (Å²) in [5.74, 6) is -0.0120. The summed E-state index contributed by atoms with van der Waals surface area (Å²) in [6.45, 7) is 6.42. The molecule has 3 aromatic rings. The molecular weight excluding hydrogens is 410 g/mol. The first-order chi connectivity index (χ1) is 16.0. The average Bonchev–Trinajstić information content (AvgIpc) is 3.16. The van der Waals surface area contributed by atoms with Crippen molar-refractivity contribution in [3.8, 4) is 0 Å². The first-order valence-electron chi connectivity index (χ1n) is 11.2. The highest BCUT2D eigenvalue weighted by molar-refractivity contribution is 6.23. The molecule has 0 saturated carbocycles. The van der Waals surface area contributed by atoms with Gasteiger partial charge in [-0.15, -0.1) is 0 Å². The quantitative estimate of drug-likeness (QED) is 0.328. The van der Waals surface area contributed by atoms with Crippen molar-refractivity contribution in [2.45, 2.75) is 26.7 Å². The fourth-order valence-corrected chi connectivity index (χ4v) is 3.81. The molecule has 4 nitrogen and oxygen atoms in total. The third-order valence-electron chi connectivity index (χ3n) is 5.61. The van der Waals surface area contributed by atoms with E-state index in [-0.39, 0.29) is 11.9 Å². The summed E-state index contributed by atoms with van der Waals surface area (Å²) >= 11 is 0. The van der Waals surface area contributed by atoms with Gasteiger partial charge in [-0.2, -0.15) is 0 Å². The Morgan fingerprint density at radius 3 is 2.21 bits per heavy atom. The number of nitrogens with zero attached hydrogens (tertiary/aromatic N) is 1. The van der Waals surface area contributed by atoms with Crippen LogP contribution >= 0.6 is 0 Å². The van der Waals surface area contributed by atoms with E-state index in [0.717, 1.165) is 22.5 Å². The topological polar surface area (TPSA) is 46.6 Å². The van der Waals surface area contributed by atoms with Gasteiger partial charge in [0.15, 0.2) is 0 Å². The first kappa shape index (κ1) is 22.3. The van der Waals surface area contributed by atoms with E-state index in [1.807, 2.05) is 66.7 Å². The number of rotatable bonds is 6. The standard InChI is InChI=1S/C29H27NO3/c1-4-33-29(32)24-12-10-21(11-13-24)18-25-19-27(23-8-6-5-7-9-23)30(28(25)31)26-16-14-22(15-17-26)20(2)3/h5-20H,4H2,1-3H3/b25-18-. The van der Waals surface area contributed by atoms with Gasteiger partial charge in [0, 0.05) is 11.3 Å². The van der Waals surface area contributed by atoms with Crippen LogP contribution in [0.25, 0.3) is 11.8 Å². The van der Waals surface area contributed by atoms with E-state index < -0.39 is 0 Å². The van der Waals surface area contributed by atoms with E-state index in [2.05, 4.69) is 26.0 Å². The predicted octanol–water partition coefficient (Wildman–Crippen LogP) is 6.46. The third-order valence-corrected chi connectivity index (χ3v) is 5.61. The Kier molecular flexibility index (Phi) is 6.55. The molecular formula is C29H27NO3. The van der Waals surface area contributed by atoms with Gasteiger partial charge >= 0.3 is 5.97 Å². The second kappa shape index (κ2) is 9.70. The van der Waals surface area contributed by atoms with Gasteiger partial charge in [-0.3, -0.25) is 9.69 Å². The Hall–Kier alpha value is -3.92. The van der Waals surface area contributed by atoms with Crippen molar-refractivity contribution in [3.05, 3.63) is 113 Å². The number of carbonyl (C=O) groups excluding carboxylic acids is 2. The highest BCUT2D eigenvalue weighted by Crippen LogP contribution is 2.35. The second-order valence-corrected chi connectivity index (χ2v) is 8.22. The van der Waals surface area contributed by atoms with Crippen LogP contribution in [0.3, 0.4) is 0 Å². The Labute approximate surface area is 194 Å². The van der Waals surface area contributed by atoms with Gasteiger partial charge in [0.05, 0.1) is 17.9 Å². The number of ether oxygens (including phenoxy) is 1. The largest absolute Gasteiger partial charge is 0.462 e. The number of hydrogen-bond acceptors (Lipinski definition) is 3. The maximum absolute atomic E-state index is 13.5. The minimum Gasteiger partial charge on any atom is -0.462 e. The van der Waals surface area contributed by atoms with Crippen LogP contribution in [0, 0.1) is 0 Å². The van der Waals surface area contributed by atoms with E-state index in [9.17, 15) is 9.59 Å². The van der Waals surface area contributed by atoms with Gasteiger partial charge in [-0.1, -0.05) is 68.4 Å². The molecule has 0 saturated heterocycles. The minimum atomic E-state index is -0.351. The lowest BCUT2D eigenvalue weighted by molar-refractivity contribution is -0.113. The molecule has 0 fully saturated rings. The number of carbonyl (C=O) groups is 2. The van der Waals surface area contributed by atoms with Crippen LogP contribution in [-0.4, -0.2) is 18.5 Å². The molecule has 4 heteroatoms. The van der Waals surface area contributed by atoms with Crippen LogP contribution in [0.5, 0.6) is 0 Å². The summed E-state index contributed by atoms with van der Waals surface area (Å²) in [6.07, 6.45) is 3.77. The van der Waals surface area contributed by atoms with Gasteiger partial charge in [0.25, 0.3) is 5.91 Å². The fraction of sp³-hybridized carbons (Fsp3) is 0.172. The lowest BCUT2D eigenvalue weighted by Gasteiger charge is -2.21. The molecule has 33 heavy (non-hydrogen) atoms. The summed E-state index contributed by atoms with van der Waals surface area (Å²) in [6, 6.07) is 25.1. The molecule has 1 amide bonds. The number of amides is 1. The monoisotopic (exact) mass is 437 g/mol. The van der Waals surface area contributed by atoms with Gasteiger partial charge in [-0.25, -0.2) is 4.79 Å². The van der Waals surface area contributed by atoms with Crippen molar-refractivity contribution in [2.75, 3.05) is 11.5 Å². The number of esters is 1. The summed E-state index contributed by atoms with van der Waals surface area (Å²) in [7, 11) is 0. The van der Waals surface area contributed by atoms with E-state index >= 15 is 0 Å². The Bertz CT molecular complexity index is 1200. The summed E-state index contributed by atoms with van der Waals surface area (Å²) in [5.41, 5.74) is 5.79. The summed E-state index contributed by atoms with van der Waals surface area (Å²) in [5, 5.41) is 0. The van der Waals surface area contributed by atoms with E-state index in [0.29, 0.717) is 23.7 Å². The maximum atomic E-state index is 13.5. The molecule has 0 aromatic heterocycles. The lowest BCUT2D eigenvalue weighted by atomic mass is 10.0. The highest BCUT2D eigenvalue weighted by Gasteiger charge is 2.30. The molecule has 0 bridgehead atoms. The van der Waals surface area contributed by atoms with Crippen LogP contribution in [0.15, 0.2) is 90.5 Å². The molecule has 4 rings (SSSR count). The Balaban J connectivity index is 1.70. The second-order valence-electron chi connectivity index (χ2n) is 8.22. The number of benzene rings is 3. The zero-order valence-electron chi connectivity index (χ0n) is 19.1. The molecule has 0 spiro atoms. The summed E-state index contributed by atoms with van der Waals surface area (Å²) in [4.78, 5) is 27.2. The fourth-order valence-electron chi connectivity index (χ4n) is 3.81. The summed E-state index contributed by atoms with van der Waals surface area (Å²) < 4.78 is 5.04. The zero-order valence-corrected chi connectivity index (χ0v) is 19.1. The van der Waals surface area contributed by atoms with Crippen LogP contribution in [0.1, 0.15) is 53.7 Å². The molecule has 0 unspecified atom stereocenters. The molecule has 1 aliphatic rings. The van der Waals surface area contributed by atoms with Gasteiger partial charge < -0.3 is 4.74 Å². The van der Waals surface area contributed by atoms with Crippen molar-refractivity contribution in [2.24, 2.45) is 0 Å². The van der Waals surface area contributed by atoms with Crippen LogP contribution in [-0.2, 0) is 9.53 Å². The molecule has 166 valence electrons. The normalized spacial score (nSPS) is 14.7. The molecule has 0 N–H and O–H groups in total. The van der Waals surface area contributed by atoms with Crippen LogP contribution < -0.4 is 4.90 Å². The molecule has 1 aliphatic heterocycles. The zero-order chi connectivity index (χ0) is 23.4. The van der Waals surface area contributed by atoms with Crippen LogP contribution in [0.2, 0.25) is 0 Å². The lowest BCUT2D eigenvalue weighted by Crippen LogP contribution is -2.24. The average molecular weight is 438 g/mol. The first-order valence-corrected chi connectivity index (χ1v) is 11.2. The van der Waals surface area contributed by atoms with Crippen LogP contribution in [0.4, 0.5) is 5.69 Å². The molecule has 0 radical (unpaired) electrons. The van der Waals surface area contributed by atoms with Crippen molar-refractivity contribution in [1.82, 2.24) is 0 Å². The highest BCUT2D eigenvalue weighted by atomic mass is 16.5. The third kappa shape index (κ3) is 4.80. The predicted molar refractivity (Wildman–Crippen MR) is 133 cm³/mol. The smallest absolute Gasteiger partial charge is 0.338 e. The van der Waals surface area contributed by atoms with Crippen molar-refractivity contribution in [3.63, 3.8) is 0 Å². The molecule has 0 aliphatic carbocycles. The van der Waals surface area contributed by atoms with Crippen molar-refractivity contribution >= 4 is 29.3 Å². The molecule has 1 heterocycles. The van der Waals surface area contributed by atoms with E-state index in [1.165, 1.54) is 5.56 Å². The van der Waals surface area contributed by atoms with E-state index in [4.69, 9.17) is 4.74 Å². The Morgan fingerprint density at radius 2 is 1.61 bits per heavy atom. The van der Waals surface area contributed by atoms with E-state index in [1.54, 1.807) is 24.0 Å². The minimum absolute atomic E-state index is 0.0828. The maximum Gasteiger partial charge on any atom is 0.338 e. The van der Waals surface area contributed by atoms with Crippen molar-refractivity contribution < 1.29 is 14.3 Å². The molecule has 0 atom stereocenters. The van der Waals surface area contributed by atoms with Gasteiger partial charge in [-0.05, 0) is 65.9 Å². The van der Waals surface area contributed by atoms with Gasteiger partial charge in [0.1, 0.15) is 0 Å². The number of anilines is 1. The van der Waals surface area contributed by atoms with Crippen molar-refractivity contribution in [1.29, 1.82) is 0 Å². The SMILES string of the molecule is CCOC(=O)c1ccc(/C=C2/C=C(c3ccccc3)N(c3ccc(C(C)C)cc3)C2=O)cc1. The molecule has 3 aromatic carbocycles. The number of hydrogen-bond donors (Lipinski definition) is 0. The van der Waals surface area contributed by atoms with Gasteiger partial charge in [0.2, 0.25) is 0 Å².